The van der Waals surface area contributed by atoms with Gasteiger partial charge in [0.2, 0.25) is 0 Å². The first-order valence-electron chi connectivity index (χ1n) is 5.90. The zero-order chi connectivity index (χ0) is 14.7. The van der Waals surface area contributed by atoms with Crippen LogP contribution in [0.1, 0.15) is 26.7 Å². The van der Waals surface area contributed by atoms with Crippen LogP contribution in [0.15, 0.2) is 23.9 Å². The number of halogens is 4. The Hall–Kier alpha value is 1.09. The van der Waals surface area contributed by atoms with E-state index in [1.807, 2.05) is 12.3 Å². The first-order valence-corrected chi connectivity index (χ1v) is 17.2. The van der Waals surface area contributed by atoms with Gasteiger partial charge in [-0.05, 0) is 12.8 Å². The molecule has 0 saturated carbocycles. The molecule has 116 valence electrons. The first kappa shape index (κ1) is 20.1. The van der Waals surface area contributed by atoms with E-state index in [-0.39, 0.29) is 0 Å². The van der Waals surface area contributed by atoms with E-state index in [0.29, 0.717) is 0 Å². The standard InChI is InChI=1S/C6H12N.C6H8N.4ClH.Pt/c2*1-6-2-4-7-5-3-6;;;;;/h6H,2-5H2,1H3;2-4H,5H2,1H3;4*1H;/q2*-1;;;;;+6/p-4. The van der Waals surface area contributed by atoms with Crippen molar-refractivity contribution in [2.24, 2.45) is 5.92 Å². The number of allylic oxidation sites excluding steroid dienone is 2. The molecule has 0 aromatic carbocycles. The molecule has 2 rings (SSSR count). The molecule has 0 radical (unpaired) electrons. The Bertz CT molecular complexity index is 278. The summed E-state index contributed by atoms with van der Waals surface area (Å²) >= 11 is -3.06. The number of piperidine rings is 1. The van der Waals surface area contributed by atoms with Crippen molar-refractivity contribution < 1.29 is 11.9 Å². The monoisotopic (exact) mass is 527 g/mol. The molecule has 2 nitrogen and oxygen atoms in total. The van der Waals surface area contributed by atoms with Gasteiger partial charge in [-0.25, -0.2) is 0 Å². The summed E-state index contributed by atoms with van der Waals surface area (Å²) in [4.78, 5) is 0. The van der Waals surface area contributed by atoms with Gasteiger partial charge in [0, 0.05) is 0 Å². The van der Waals surface area contributed by atoms with Crippen molar-refractivity contribution in [2.45, 2.75) is 26.7 Å². The second-order valence-electron chi connectivity index (χ2n) is 4.25. The molecule has 0 bridgehead atoms. The van der Waals surface area contributed by atoms with Crippen LogP contribution < -0.4 is 0 Å². The maximum atomic E-state index is 5.01. The van der Waals surface area contributed by atoms with E-state index in [1.165, 1.54) is 18.4 Å². The van der Waals surface area contributed by atoms with Crippen molar-refractivity contribution in [1.29, 1.82) is 0 Å². The molecule has 7 heteroatoms. The Labute approximate surface area is 135 Å². The van der Waals surface area contributed by atoms with Crippen LogP contribution in [0.3, 0.4) is 0 Å². The van der Waals surface area contributed by atoms with Crippen LogP contribution in [0, 0.1) is 5.92 Å². The van der Waals surface area contributed by atoms with Gasteiger partial charge in [-0.3, -0.25) is 0 Å². The first-order chi connectivity index (χ1) is 8.79. The van der Waals surface area contributed by atoms with Crippen LogP contribution in [-0.2, 0) is 11.9 Å². The number of nitrogens with zero attached hydrogens (tertiary/aromatic N) is 2. The summed E-state index contributed by atoms with van der Waals surface area (Å²) in [5, 5.41) is 8.20. The number of rotatable bonds is 0. The topological polar surface area (TPSA) is 28.2 Å². The summed E-state index contributed by atoms with van der Waals surface area (Å²) in [6.45, 7) is 7.46. The van der Waals surface area contributed by atoms with Crippen LogP contribution in [0.5, 0.6) is 0 Å². The predicted molar refractivity (Wildman–Crippen MR) is 86.0 cm³/mol. The Morgan fingerprint density at radius 2 is 1.68 bits per heavy atom. The third kappa shape index (κ3) is 19.1. The molecule has 0 unspecified atom stereocenters. The maximum absolute atomic E-state index is 5.01. The van der Waals surface area contributed by atoms with Gasteiger partial charge in [-0.2, -0.15) is 6.20 Å². The van der Waals surface area contributed by atoms with E-state index in [0.717, 1.165) is 25.6 Å². The summed E-state index contributed by atoms with van der Waals surface area (Å²) in [7, 11) is 20.0. The van der Waals surface area contributed by atoms with Gasteiger partial charge >= 0.3 is 49.6 Å². The Morgan fingerprint density at radius 1 is 1.16 bits per heavy atom. The van der Waals surface area contributed by atoms with Crippen LogP contribution in [0.2, 0.25) is 0 Å². The van der Waals surface area contributed by atoms with E-state index in [2.05, 4.69) is 30.6 Å². The fraction of sp³-hybridized carbons (Fsp3) is 0.667. The molecule has 0 amide bonds. The summed E-state index contributed by atoms with van der Waals surface area (Å²) in [5.41, 5.74) is 1.31. The molecule has 2 heterocycles. The molecule has 0 atom stereocenters. The summed E-state index contributed by atoms with van der Waals surface area (Å²) in [6, 6.07) is 0. The molecule has 2 aliphatic heterocycles. The zero-order valence-electron chi connectivity index (χ0n) is 11.1. The van der Waals surface area contributed by atoms with Crippen molar-refractivity contribution in [3.8, 4) is 0 Å². The fourth-order valence-electron chi connectivity index (χ4n) is 1.38. The van der Waals surface area contributed by atoms with Gasteiger partial charge < -0.3 is 10.6 Å². The van der Waals surface area contributed by atoms with Crippen molar-refractivity contribution >= 4 is 37.7 Å². The summed E-state index contributed by atoms with van der Waals surface area (Å²) < 4.78 is 0. The average molecular weight is 529 g/mol. The number of hydrogen-bond donors (Lipinski definition) is 0. The Morgan fingerprint density at radius 3 is 1.89 bits per heavy atom. The molecule has 0 spiro atoms. The molecular weight excluding hydrogens is 509 g/mol. The van der Waals surface area contributed by atoms with Crippen molar-refractivity contribution in [3.05, 3.63) is 34.6 Å². The van der Waals surface area contributed by atoms with Crippen molar-refractivity contribution in [2.75, 3.05) is 19.6 Å². The van der Waals surface area contributed by atoms with E-state index in [9.17, 15) is 0 Å². The molecule has 0 aliphatic carbocycles. The van der Waals surface area contributed by atoms with Gasteiger partial charge in [0.05, 0.1) is 0 Å². The van der Waals surface area contributed by atoms with Crippen LogP contribution in [0.4, 0.5) is 0 Å². The normalized spacial score (nSPS) is 20.0. The average Bonchev–Trinajstić information content (AvgIpc) is 2.29. The Kier molecular flexibility index (Phi) is 12.4. The second kappa shape index (κ2) is 11.7. The quantitative estimate of drug-likeness (QED) is 0.349. The molecule has 0 aromatic rings. The van der Waals surface area contributed by atoms with Crippen molar-refractivity contribution in [1.82, 2.24) is 0 Å². The van der Waals surface area contributed by atoms with E-state index in [4.69, 9.17) is 37.7 Å². The third-order valence-electron chi connectivity index (χ3n) is 2.52. The summed E-state index contributed by atoms with van der Waals surface area (Å²) in [6.07, 6.45) is 8.58. The molecule has 0 N–H and O–H groups in total. The van der Waals surface area contributed by atoms with E-state index in [1.54, 1.807) is 0 Å². The van der Waals surface area contributed by atoms with Crippen LogP contribution >= 0.6 is 37.7 Å². The van der Waals surface area contributed by atoms with Crippen LogP contribution in [-0.4, -0.2) is 19.6 Å². The van der Waals surface area contributed by atoms with Crippen LogP contribution in [0.25, 0.3) is 10.6 Å². The number of hydrogen-bond acceptors (Lipinski definition) is 0. The van der Waals surface area contributed by atoms with Crippen molar-refractivity contribution in [3.63, 3.8) is 0 Å². The van der Waals surface area contributed by atoms with Gasteiger partial charge in [-0.15, -0.1) is 19.6 Å². The fourth-order valence-corrected chi connectivity index (χ4v) is 1.38. The molecule has 0 aromatic heterocycles. The molecule has 1 fully saturated rings. The van der Waals surface area contributed by atoms with Gasteiger partial charge in [0.25, 0.3) is 0 Å². The molecule has 2 aliphatic rings. The zero-order valence-corrected chi connectivity index (χ0v) is 16.4. The van der Waals surface area contributed by atoms with E-state index >= 15 is 0 Å². The Balaban J connectivity index is 0.000000261. The summed E-state index contributed by atoms with van der Waals surface area (Å²) in [5.74, 6) is 0.942. The predicted octanol–water partition coefficient (Wildman–Crippen LogP) is 6.38. The third-order valence-corrected chi connectivity index (χ3v) is 2.52. The minimum absolute atomic E-state index is 0.863. The van der Waals surface area contributed by atoms with Gasteiger partial charge in [-0.1, -0.05) is 37.5 Å². The van der Waals surface area contributed by atoms with E-state index < -0.39 is 11.9 Å². The minimum atomic E-state index is -3.06. The SMILES string of the molecule is CC1=CC[N-]C=C1.CC1CC[N-]CC1.[Cl][Pt+2]([Cl])([Cl])[Cl]. The molecule has 1 saturated heterocycles. The molecular formula is C12H20Cl4N2Pt. The molecule has 19 heavy (non-hydrogen) atoms. The second-order valence-corrected chi connectivity index (χ2v) is 24.0. The van der Waals surface area contributed by atoms with Gasteiger partial charge in [0.15, 0.2) is 0 Å². The van der Waals surface area contributed by atoms with Gasteiger partial charge in [0.1, 0.15) is 0 Å².